The Morgan fingerprint density at radius 2 is 1.70 bits per heavy atom. The van der Waals surface area contributed by atoms with Gasteiger partial charge in [0.25, 0.3) is 0 Å². The molecule has 0 aromatic carbocycles. The molecule has 0 aliphatic heterocycles. The van der Waals surface area contributed by atoms with Crippen molar-refractivity contribution in [2.45, 2.75) is 14.9 Å². The molecule has 0 fully saturated rings. The lowest BCUT2D eigenvalue weighted by Gasteiger charge is -2.22. The summed E-state index contributed by atoms with van der Waals surface area (Å²) in [6, 6.07) is 0. The summed E-state index contributed by atoms with van der Waals surface area (Å²) in [6.07, 6.45) is -0.261. The molecule has 0 saturated heterocycles. The van der Waals surface area contributed by atoms with Gasteiger partial charge in [-0.2, -0.15) is 8.78 Å². The van der Waals surface area contributed by atoms with Gasteiger partial charge in [0.2, 0.25) is 4.58 Å². The Labute approximate surface area is 87.3 Å². The van der Waals surface area contributed by atoms with Gasteiger partial charge < -0.3 is 0 Å². The molecule has 1 atom stereocenters. The van der Waals surface area contributed by atoms with Crippen LogP contribution >= 0.6 is 54.5 Å². The number of alkyl halides is 6. The molecule has 0 heterocycles. The highest BCUT2D eigenvalue weighted by Gasteiger charge is 2.50. The molecule has 62 valence electrons. The third-order valence-electron chi connectivity index (χ3n) is 0.823. The minimum Gasteiger partial charge on any atom is -0.224 e. The second-order valence-corrected chi connectivity index (χ2v) is 5.05. The largest absolute Gasteiger partial charge is 0.339 e. The van der Waals surface area contributed by atoms with E-state index in [1.165, 1.54) is 0 Å². The van der Waals surface area contributed by atoms with E-state index in [4.69, 9.17) is 0 Å². The monoisotopic (exact) mass is 394 g/mol. The highest BCUT2D eigenvalue weighted by atomic mass is 127. The molecule has 1 unspecified atom stereocenters. The fourth-order valence-electron chi connectivity index (χ4n) is 0.260. The molecule has 6 heteroatoms. The molecule has 0 spiro atoms. The van der Waals surface area contributed by atoms with E-state index in [1.54, 1.807) is 0 Å². The summed E-state index contributed by atoms with van der Waals surface area (Å²) in [5, 5.41) is 0.202. The zero-order chi connectivity index (χ0) is 8.41. The van der Waals surface area contributed by atoms with Gasteiger partial charge >= 0.3 is 3.93 Å². The Balaban J connectivity index is 4.10. The van der Waals surface area contributed by atoms with Crippen molar-refractivity contribution in [1.82, 2.24) is 0 Å². The fourth-order valence-corrected chi connectivity index (χ4v) is 1.81. The molecule has 0 saturated carbocycles. The van der Waals surface area contributed by atoms with Crippen LogP contribution in [-0.2, 0) is 0 Å². The average Bonchev–Trinajstić information content (AvgIpc) is 1.61. The van der Waals surface area contributed by atoms with Crippen molar-refractivity contribution >= 4 is 54.5 Å². The average molecular weight is 396 g/mol. The normalized spacial score (nSPS) is 18.6. The zero-order valence-corrected chi connectivity index (χ0v) is 10.0. The summed E-state index contributed by atoms with van der Waals surface area (Å²) >= 11 is 5.95. The number of rotatable bonds is 3. The highest BCUT2D eigenvalue weighted by Crippen LogP contribution is 2.45. The van der Waals surface area contributed by atoms with Crippen molar-refractivity contribution in [3.05, 3.63) is 0 Å². The lowest BCUT2D eigenvalue weighted by Crippen LogP contribution is -2.33. The Kier molecular flexibility index (Phi) is 4.51. The Bertz CT molecular complexity index is 112. The quantitative estimate of drug-likeness (QED) is 0.503. The predicted octanol–water partition coefficient (Wildman–Crippen LogP) is 3.86. The van der Waals surface area contributed by atoms with E-state index < -0.39 is 8.51 Å². The molecule has 0 rings (SSSR count). The summed E-state index contributed by atoms with van der Waals surface area (Å²) in [4.78, 5) is 0. The van der Waals surface area contributed by atoms with Crippen LogP contribution in [0.3, 0.4) is 0 Å². The van der Waals surface area contributed by atoms with E-state index >= 15 is 0 Å². The summed E-state index contributed by atoms with van der Waals surface area (Å²) in [5.74, 6) is 0. The second-order valence-electron chi connectivity index (χ2n) is 1.64. The van der Waals surface area contributed by atoms with Crippen LogP contribution in [0.1, 0.15) is 6.42 Å². The molecule has 0 aromatic heterocycles. The fraction of sp³-hybridized carbons (Fsp3) is 1.00. The Hall–Kier alpha value is 1.48. The Morgan fingerprint density at radius 1 is 1.30 bits per heavy atom. The summed E-state index contributed by atoms with van der Waals surface area (Å²) in [5.41, 5.74) is 0. The number of hydrogen-bond acceptors (Lipinski definition) is 0. The molecular weight excluding hydrogens is 392 g/mol. The molecular formula is C4H4Br2F3I. The number of hydrogen-bond donors (Lipinski definition) is 0. The van der Waals surface area contributed by atoms with E-state index in [1.807, 2.05) is 0 Å². The molecule has 0 amide bonds. The van der Waals surface area contributed by atoms with Gasteiger partial charge in [-0.1, -0.05) is 15.9 Å². The topological polar surface area (TPSA) is 0 Å². The lowest BCUT2D eigenvalue weighted by atomic mass is 10.3. The van der Waals surface area contributed by atoms with Gasteiger partial charge in [-0.3, -0.25) is 0 Å². The molecule has 0 radical (unpaired) electrons. The molecule has 0 N–H and O–H groups in total. The van der Waals surface area contributed by atoms with Crippen LogP contribution in [0.2, 0.25) is 0 Å². The molecule has 0 bridgehead atoms. The van der Waals surface area contributed by atoms with Gasteiger partial charge in [0, 0.05) is 34.3 Å². The van der Waals surface area contributed by atoms with Crippen LogP contribution in [-0.4, -0.2) is 13.8 Å². The van der Waals surface area contributed by atoms with E-state index in [2.05, 4.69) is 31.9 Å². The van der Waals surface area contributed by atoms with Gasteiger partial charge in [-0.15, -0.1) is 0 Å². The first-order valence-electron chi connectivity index (χ1n) is 2.32. The Morgan fingerprint density at radius 3 is 1.80 bits per heavy atom. The van der Waals surface area contributed by atoms with Crippen molar-refractivity contribution in [3.63, 3.8) is 0 Å². The van der Waals surface area contributed by atoms with E-state index in [9.17, 15) is 13.2 Å². The molecule has 0 nitrogen and oxygen atoms in total. The lowest BCUT2D eigenvalue weighted by molar-refractivity contribution is 0.0138. The maximum Gasteiger partial charge on any atom is 0.339 e. The van der Waals surface area contributed by atoms with Crippen molar-refractivity contribution < 1.29 is 13.2 Å². The van der Waals surface area contributed by atoms with Crippen LogP contribution in [0.4, 0.5) is 13.2 Å². The molecule has 0 aliphatic rings. The number of halogens is 6. The second kappa shape index (κ2) is 3.93. The smallest absolute Gasteiger partial charge is 0.224 e. The standard InChI is InChI=1S/C4H4Br2F3I/c5-2-1-3(6,7)4(8,9)10/h1-2H2. The van der Waals surface area contributed by atoms with E-state index in [0.717, 1.165) is 22.6 Å². The molecule has 10 heavy (non-hydrogen) atoms. The van der Waals surface area contributed by atoms with Crippen molar-refractivity contribution in [2.75, 3.05) is 5.33 Å². The zero-order valence-electron chi connectivity index (χ0n) is 4.68. The van der Waals surface area contributed by atoms with Gasteiger partial charge in [-0.05, 0) is 15.9 Å². The molecule has 0 aliphatic carbocycles. The van der Waals surface area contributed by atoms with E-state index in [0.29, 0.717) is 0 Å². The molecule has 0 aromatic rings. The van der Waals surface area contributed by atoms with Gasteiger partial charge in [-0.25, -0.2) is 4.39 Å². The SMILES string of the molecule is FC(F)(I)C(F)(Br)CCBr. The van der Waals surface area contributed by atoms with Gasteiger partial charge in [0.15, 0.2) is 0 Å². The first kappa shape index (κ1) is 11.5. The van der Waals surface area contributed by atoms with Crippen molar-refractivity contribution in [2.24, 2.45) is 0 Å². The van der Waals surface area contributed by atoms with Crippen molar-refractivity contribution in [1.29, 1.82) is 0 Å². The highest BCUT2D eigenvalue weighted by molar-refractivity contribution is 14.1. The van der Waals surface area contributed by atoms with Crippen LogP contribution in [0.15, 0.2) is 0 Å². The first-order chi connectivity index (χ1) is 4.31. The summed E-state index contributed by atoms with van der Waals surface area (Å²) < 4.78 is 31.2. The maximum absolute atomic E-state index is 12.7. The van der Waals surface area contributed by atoms with Crippen molar-refractivity contribution in [3.8, 4) is 0 Å². The van der Waals surface area contributed by atoms with Gasteiger partial charge in [0.1, 0.15) is 0 Å². The van der Waals surface area contributed by atoms with Crippen LogP contribution in [0.5, 0.6) is 0 Å². The first-order valence-corrected chi connectivity index (χ1v) is 5.31. The van der Waals surface area contributed by atoms with Crippen LogP contribution in [0.25, 0.3) is 0 Å². The summed E-state index contributed by atoms with van der Waals surface area (Å²) in [6.45, 7) is 0. The summed E-state index contributed by atoms with van der Waals surface area (Å²) in [7, 11) is 0. The van der Waals surface area contributed by atoms with E-state index in [-0.39, 0.29) is 11.8 Å². The predicted molar refractivity (Wildman–Crippen MR) is 50.1 cm³/mol. The van der Waals surface area contributed by atoms with Crippen LogP contribution in [0, 0.1) is 0 Å². The van der Waals surface area contributed by atoms with Crippen LogP contribution < -0.4 is 0 Å². The maximum atomic E-state index is 12.7. The minimum absolute atomic E-state index is 0.202. The third kappa shape index (κ3) is 3.25. The third-order valence-corrected chi connectivity index (χ3v) is 3.71. The van der Waals surface area contributed by atoms with Gasteiger partial charge in [0.05, 0.1) is 0 Å². The minimum atomic E-state index is -3.36.